The van der Waals surface area contributed by atoms with Gasteiger partial charge in [-0.3, -0.25) is 0 Å². The zero-order chi connectivity index (χ0) is 15.0. The van der Waals surface area contributed by atoms with E-state index in [0.717, 1.165) is 29.1 Å². The third-order valence-electron chi connectivity index (χ3n) is 3.94. The van der Waals surface area contributed by atoms with E-state index in [9.17, 15) is 0 Å². The largest absolute Gasteiger partial charge is 0.495 e. The first-order valence-electron chi connectivity index (χ1n) is 7.26. The number of pyridine rings is 1. The summed E-state index contributed by atoms with van der Waals surface area (Å²) in [6.45, 7) is 6.27. The van der Waals surface area contributed by atoms with Crippen molar-refractivity contribution in [3.05, 3.63) is 47.3 Å². The smallest absolute Gasteiger partial charge is 0.140 e. The molecule has 3 aromatic rings. The van der Waals surface area contributed by atoms with Gasteiger partial charge in [-0.25, -0.2) is 4.98 Å². The Hall–Kier alpha value is -2.29. The SMILES string of the molecule is CCc1cc2cc(C)c(-c3ccc(OC)c(C)n3)cc2[nH]1. The number of aromatic amines is 1. The summed E-state index contributed by atoms with van der Waals surface area (Å²) in [5.74, 6) is 0.825. The molecule has 0 aliphatic carbocycles. The number of hydrogen-bond donors (Lipinski definition) is 1. The second kappa shape index (κ2) is 5.24. The number of rotatable bonds is 3. The zero-order valence-corrected chi connectivity index (χ0v) is 12.9. The van der Waals surface area contributed by atoms with E-state index < -0.39 is 0 Å². The molecule has 3 nitrogen and oxygen atoms in total. The predicted molar refractivity (Wildman–Crippen MR) is 86.9 cm³/mol. The minimum absolute atomic E-state index is 0.825. The van der Waals surface area contributed by atoms with Gasteiger partial charge in [0.2, 0.25) is 0 Å². The van der Waals surface area contributed by atoms with Crippen LogP contribution < -0.4 is 4.74 Å². The van der Waals surface area contributed by atoms with Crippen molar-refractivity contribution in [2.45, 2.75) is 27.2 Å². The first-order valence-corrected chi connectivity index (χ1v) is 7.26. The summed E-state index contributed by atoms with van der Waals surface area (Å²) in [6.07, 6.45) is 1.02. The highest BCUT2D eigenvalue weighted by Crippen LogP contribution is 2.29. The van der Waals surface area contributed by atoms with Gasteiger partial charge in [0.05, 0.1) is 18.5 Å². The van der Waals surface area contributed by atoms with Gasteiger partial charge in [-0.2, -0.15) is 0 Å². The number of nitrogens with one attached hydrogen (secondary N) is 1. The average molecular weight is 280 g/mol. The summed E-state index contributed by atoms with van der Waals surface area (Å²) in [4.78, 5) is 8.14. The van der Waals surface area contributed by atoms with Gasteiger partial charge in [0.15, 0.2) is 0 Å². The molecule has 1 N–H and O–H groups in total. The molecule has 0 bridgehead atoms. The van der Waals surface area contributed by atoms with E-state index in [2.05, 4.69) is 42.0 Å². The Morgan fingerprint density at radius 1 is 1.14 bits per heavy atom. The Labute approximate surface area is 125 Å². The van der Waals surface area contributed by atoms with E-state index in [0.29, 0.717) is 0 Å². The van der Waals surface area contributed by atoms with Crippen LogP contribution in [0.1, 0.15) is 23.9 Å². The Morgan fingerprint density at radius 3 is 2.62 bits per heavy atom. The Morgan fingerprint density at radius 2 is 1.95 bits per heavy atom. The number of benzene rings is 1. The number of hydrogen-bond acceptors (Lipinski definition) is 2. The highest BCUT2D eigenvalue weighted by atomic mass is 16.5. The third-order valence-corrected chi connectivity index (χ3v) is 3.94. The molecule has 1 aromatic carbocycles. The van der Waals surface area contributed by atoms with Crippen LogP contribution in [-0.4, -0.2) is 17.1 Å². The van der Waals surface area contributed by atoms with Crippen molar-refractivity contribution in [2.24, 2.45) is 0 Å². The molecule has 0 unspecified atom stereocenters. The quantitative estimate of drug-likeness (QED) is 0.771. The molecular formula is C18H20N2O. The summed E-state index contributed by atoms with van der Waals surface area (Å²) in [5.41, 5.74) is 6.73. The molecule has 0 aliphatic heterocycles. The highest BCUT2D eigenvalue weighted by Gasteiger charge is 2.09. The standard InChI is InChI=1S/C18H20N2O/c1-5-14-9-13-8-11(2)15(10-17(13)20-14)16-6-7-18(21-4)12(3)19-16/h6-10,20H,5H2,1-4H3. The number of methoxy groups -OCH3 is 1. The van der Waals surface area contributed by atoms with Crippen molar-refractivity contribution in [3.8, 4) is 17.0 Å². The first-order chi connectivity index (χ1) is 10.1. The topological polar surface area (TPSA) is 37.9 Å². The Bertz CT molecular complexity index is 802. The summed E-state index contributed by atoms with van der Waals surface area (Å²) in [5, 5.41) is 1.26. The lowest BCUT2D eigenvalue weighted by Crippen LogP contribution is -1.94. The minimum Gasteiger partial charge on any atom is -0.495 e. The van der Waals surface area contributed by atoms with Crippen LogP contribution in [0.15, 0.2) is 30.3 Å². The van der Waals surface area contributed by atoms with Gasteiger partial charge < -0.3 is 9.72 Å². The van der Waals surface area contributed by atoms with Crippen molar-refractivity contribution in [2.75, 3.05) is 7.11 Å². The lowest BCUT2D eigenvalue weighted by molar-refractivity contribution is 0.409. The van der Waals surface area contributed by atoms with Crippen LogP contribution >= 0.6 is 0 Å². The number of nitrogens with zero attached hydrogens (tertiary/aromatic N) is 1. The van der Waals surface area contributed by atoms with E-state index in [4.69, 9.17) is 4.74 Å². The maximum absolute atomic E-state index is 5.29. The lowest BCUT2D eigenvalue weighted by atomic mass is 10.0. The normalized spacial score (nSPS) is 11.0. The van der Waals surface area contributed by atoms with Gasteiger partial charge in [-0.15, -0.1) is 0 Å². The van der Waals surface area contributed by atoms with Gasteiger partial charge in [0.1, 0.15) is 5.75 Å². The number of ether oxygens (including phenoxy) is 1. The molecule has 0 spiro atoms. The van der Waals surface area contributed by atoms with Crippen LogP contribution in [0.3, 0.4) is 0 Å². The molecule has 3 heteroatoms. The van der Waals surface area contributed by atoms with E-state index in [-0.39, 0.29) is 0 Å². The van der Waals surface area contributed by atoms with E-state index in [1.54, 1.807) is 7.11 Å². The zero-order valence-electron chi connectivity index (χ0n) is 12.9. The van der Waals surface area contributed by atoms with Crippen LogP contribution in [0.5, 0.6) is 5.75 Å². The monoisotopic (exact) mass is 280 g/mol. The predicted octanol–water partition coefficient (Wildman–Crippen LogP) is 4.42. The lowest BCUT2D eigenvalue weighted by Gasteiger charge is -2.09. The molecule has 3 rings (SSSR count). The van der Waals surface area contributed by atoms with Crippen molar-refractivity contribution in [1.29, 1.82) is 0 Å². The number of aromatic nitrogens is 2. The fourth-order valence-corrected chi connectivity index (χ4v) is 2.74. The van der Waals surface area contributed by atoms with Gasteiger partial charge >= 0.3 is 0 Å². The molecule has 0 amide bonds. The van der Waals surface area contributed by atoms with Crippen molar-refractivity contribution in [3.63, 3.8) is 0 Å². The highest BCUT2D eigenvalue weighted by molar-refractivity contribution is 5.87. The second-order valence-corrected chi connectivity index (χ2v) is 5.39. The van der Waals surface area contributed by atoms with Crippen LogP contribution in [0.2, 0.25) is 0 Å². The van der Waals surface area contributed by atoms with Gasteiger partial charge in [0.25, 0.3) is 0 Å². The minimum atomic E-state index is 0.825. The molecule has 0 saturated heterocycles. The van der Waals surface area contributed by atoms with Gasteiger partial charge in [-0.05, 0) is 61.5 Å². The second-order valence-electron chi connectivity index (χ2n) is 5.39. The van der Waals surface area contributed by atoms with Gasteiger partial charge in [-0.1, -0.05) is 6.92 Å². The third kappa shape index (κ3) is 2.40. The van der Waals surface area contributed by atoms with Crippen LogP contribution in [0, 0.1) is 13.8 Å². The van der Waals surface area contributed by atoms with E-state index in [1.165, 1.54) is 22.2 Å². The maximum Gasteiger partial charge on any atom is 0.140 e. The van der Waals surface area contributed by atoms with Crippen LogP contribution in [0.25, 0.3) is 22.2 Å². The fourth-order valence-electron chi connectivity index (χ4n) is 2.74. The van der Waals surface area contributed by atoms with Crippen LogP contribution in [0.4, 0.5) is 0 Å². The fraction of sp³-hybridized carbons (Fsp3) is 0.278. The number of fused-ring (bicyclic) bond motifs is 1. The molecule has 2 heterocycles. The molecule has 0 radical (unpaired) electrons. The van der Waals surface area contributed by atoms with Crippen LogP contribution in [-0.2, 0) is 6.42 Å². The van der Waals surface area contributed by atoms with E-state index in [1.807, 2.05) is 19.1 Å². The number of H-pyrrole nitrogens is 1. The van der Waals surface area contributed by atoms with Crippen molar-refractivity contribution >= 4 is 10.9 Å². The molecule has 0 saturated carbocycles. The van der Waals surface area contributed by atoms with E-state index >= 15 is 0 Å². The molecule has 21 heavy (non-hydrogen) atoms. The summed E-state index contributed by atoms with van der Waals surface area (Å²) < 4.78 is 5.29. The maximum atomic E-state index is 5.29. The molecular weight excluding hydrogens is 260 g/mol. The molecule has 0 atom stereocenters. The summed E-state index contributed by atoms with van der Waals surface area (Å²) in [6, 6.07) is 10.6. The molecule has 0 fully saturated rings. The molecule has 2 aromatic heterocycles. The first kappa shape index (κ1) is 13.7. The Balaban J connectivity index is 2.14. The number of aryl methyl sites for hydroxylation is 3. The van der Waals surface area contributed by atoms with Crippen molar-refractivity contribution in [1.82, 2.24) is 9.97 Å². The van der Waals surface area contributed by atoms with Crippen molar-refractivity contribution < 1.29 is 4.74 Å². The Kier molecular flexibility index (Phi) is 3.42. The average Bonchev–Trinajstić information content (AvgIpc) is 2.88. The van der Waals surface area contributed by atoms with Gasteiger partial charge in [0, 0.05) is 16.8 Å². The molecule has 108 valence electrons. The molecule has 0 aliphatic rings. The summed E-state index contributed by atoms with van der Waals surface area (Å²) in [7, 11) is 1.67. The summed E-state index contributed by atoms with van der Waals surface area (Å²) >= 11 is 0.